The Kier molecular flexibility index (Phi) is 4.56. The molecule has 1 atom stereocenters. The highest BCUT2D eigenvalue weighted by Crippen LogP contribution is 2.38. The van der Waals surface area contributed by atoms with E-state index in [0.717, 1.165) is 42.1 Å². The van der Waals surface area contributed by atoms with Gasteiger partial charge in [0, 0.05) is 18.3 Å². The van der Waals surface area contributed by atoms with Gasteiger partial charge in [0.15, 0.2) is 11.5 Å². The number of nitrogens with one attached hydrogen (secondary N) is 1. The Bertz CT molecular complexity index is 808. The zero-order chi connectivity index (χ0) is 17.9. The molecule has 0 aliphatic carbocycles. The Morgan fingerprint density at radius 2 is 2.00 bits per heavy atom. The molecule has 4 rings (SSSR count). The lowest BCUT2D eigenvalue weighted by Gasteiger charge is -2.27. The van der Waals surface area contributed by atoms with Crippen molar-refractivity contribution in [2.75, 3.05) is 32.2 Å². The Morgan fingerprint density at radius 3 is 2.85 bits per heavy atom. The van der Waals surface area contributed by atoms with Crippen molar-refractivity contribution < 1.29 is 19.0 Å². The minimum absolute atomic E-state index is 0.0384. The van der Waals surface area contributed by atoms with Gasteiger partial charge in [-0.3, -0.25) is 0 Å². The highest BCUT2D eigenvalue weighted by molar-refractivity contribution is 5.90. The van der Waals surface area contributed by atoms with E-state index in [2.05, 4.69) is 5.32 Å². The summed E-state index contributed by atoms with van der Waals surface area (Å²) in [5.41, 5.74) is 1.80. The molecular weight excluding hydrogens is 332 g/mol. The van der Waals surface area contributed by atoms with Crippen LogP contribution < -0.4 is 19.5 Å². The van der Waals surface area contributed by atoms with Gasteiger partial charge in [0.05, 0.1) is 13.2 Å². The van der Waals surface area contributed by atoms with E-state index < -0.39 is 0 Å². The maximum Gasteiger partial charge on any atom is 0.322 e. The number of benzene rings is 2. The summed E-state index contributed by atoms with van der Waals surface area (Å²) in [5.74, 6) is 2.24. The SMILES string of the molecule is COc1cccc(NC(=O)N2CCCC2c2ccc3c(c2)OCCO3)c1. The zero-order valence-electron chi connectivity index (χ0n) is 14.7. The molecule has 2 aliphatic rings. The molecule has 1 saturated heterocycles. The van der Waals surface area contributed by atoms with Crippen LogP contribution in [-0.2, 0) is 0 Å². The fraction of sp³-hybridized carbons (Fsp3) is 0.350. The third-order valence-electron chi connectivity index (χ3n) is 4.79. The Balaban J connectivity index is 1.51. The van der Waals surface area contributed by atoms with Gasteiger partial charge in [-0.2, -0.15) is 0 Å². The smallest absolute Gasteiger partial charge is 0.322 e. The van der Waals surface area contributed by atoms with Gasteiger partial charge in [0.2, 0.25) is 0 Å². The first-order valence-electron chi connectivity index (χ1n) is 8.86. The second-order valence-electron chi connectivity index (χ2n) is 6.42. The summed E-state index contributed by atoms with van der Waals surface area (Å²) in [6.07, 6.45) is 1.91. The lowest BCUT2D eigenvalue weighted by molar-refractivity contribution is 0.170. The van der Waals surface area contributed by atoms with E-state index in [4.69, 9.17) is 14.2 Å². The van der Waals surface area contributed by atoms with Crippen LogP contribution in [0.4, 0.5) is 10.5 Å². The first-order chi connectivity index (χ1) is 12.7. The molecule has 1 N–H and O–H groups in total. The summed E-state index contributed by atoms with van der Waals surface area (Å²) in [4.78, 5) is 14.7. The van der Waals surface area contributed by atoms with Crippen LogP contribution in [0.3, 0.4) is 0 Å². The number of amides is 2. The molecule has 2 amide bonds. The van der Waals surface area contributed by atoms with Gasteiger partial charge < -0.3 is 24.4 Å². The van der Waals surface area contributed by atoms with E-state index in [-0.39, 0.29) is 12.1 Å². The van der Waals surface area contributed by atoms with Crippen LogP contribution in [0.15, 0.2) is 42.5 Å². The van der Waals surface area contributed by atoms with Crippen molar-refractivity contribution in [3.63, 3.8) is 0 Å². The van der Waals surface area contributed by atoms with Crippen molar-refractivity contribution >= 4 is 11.7 Å². The lowest BCUT2D eigenvalue weighted by atomic mass is 10.0. The molecular formula is C20H22N2O4. The van der Waals surface area contributed by atoms with E-state index in [0.29, 0.717) is 19.0 Å². The summed E-state index contributed by atoms with van der Waals surface area (Å²) in [6, 6.07) is 13.3. The van der Waals surface area contributed by atoms with Crippen LogP contribution in [0.2, 0.25) is 0 Å². The van der Waals surface area contributed by atoms with Gasteiger partial charge in [0.25, 0.3) is 0 Å². The standard InChI is InChI=1S/C20H22N2O4/c1-24-16-5-2-4-15(13-16)21-20(23)22-9-3-6-17(22)14-7-8-18-19(12-14)26-11-10-25-18/h2,4-5,7-8,12-13,17H,3,6,9-11H2,1H3,(H,21,23). The summed E-state index contributed by atoms with van der Waals surface area (Å²) in [7, 11) is 1.61. The third-order valence-corrected chi connectivity index (χ3v) is 4.79. The molecule has 2 aromatic rings. The predicted octanol–water partition coefficient (Wildman–Crippen LogP) is 3.84. The predicted molar refractivity (Wildman–Crippen MR) is 98.1 cm³/mol. The highest BCUT2D eigenvalue weighted by Gasteiger charge is 2.31. The molecule has 2 aliphatic heterocycles. The monoisotopic (exact) mass is 354 g/mol. The van der Waals surface area contributed by atoms with E-state index >= 15 is 0 Å². The number of methoxy groups -OCH3 is 1. The van der Waals surface area contributed by atoms with E-state index in [1.807, 2.05) is 47.4 Å². The normalized spacial score (nSPS) is 18.5. The van der Waals surface area contributed by atoms with Crippen LogP contribution in [0.25, 0.3) is 0 Å². The zero-order valence-corrected chi connectivity index (χ0v) is 14.7. The van der Waals surface area contributed by atoms with Crippen molar-refractivity contribution in [1.82, 2.24) is 4.90 Å². The van der Waals surface area contributed by atoms with Gasteiger partial charge >= 0.3 is 6.03 Å². The molecule has 2 heterocycles. The number of urea groups is 1. The molecule has 136 valence electrons. The van der Waals surface area contributed by atoms with Crippen molar-refractivity contribution in [2.24, 2.45) is 0 Å². The number of likely N-dealkylation sites (tertiary alicyclic amines) is 1. The maximum absolute atomic E-state index is 12.8. The number of anilines is 1. The van der Waals surface area contributed by atoms with Gasteiger partial charge in [-0.25, -0.2) is 4.79 Å². The second-order valence-corrected chi connectivity index (χ2v) is 6.42. The van der Waals surface area contributed by atoms with Crippen LogP contribution in [0.5, 0.6) is 17.2 Å². The number of rotatable bonds is 3. The highest BCUT2D eigenvalue weighted by atomic mass is 16.6. The Labute approximate surface area is 152 Å². The van der Waals surface area contributed by atoms with Crippen molar-refractivity contribution in [3.8, 4) is 17.2 Å². The number of nitrogens with zero attached hydrogens (tertiary/aromatic N) is 1. The molecule has 0 saturated carbocycles. The largest absolute Gasteiger partial charge is 0.497 e. The molecule has 1 fully saturated rings. The van der Waals surface area contributed by atoms with Gasteiger partial charge in [-0.15, -0.1) is 0 Å². The molecule has 1 unspecified atom stereocenters. The number of hydrogen-bond acceptors (Lipinski definition) is 4. The van der Waals surface area contributed by atoms with Crippen molar-refractivity contribution in [1.29, 1.82) is 0 Å². The average molecular weight is 354 g/mol. The molecule has 2 aromatic carbocycles. The van der Waals surface area contributed by atoms with Crippen LogP contribution in [0.1, 0.15) is 24.4 Å². The summed E-state index contributed by atoms with van der Waals surface area (Å²) >= 11 is 0. The minimum Gasteiger partial charge on any atom is -0.497 e. The minimum atomic E-state index is -0.101. The van der Waals surface area contributed by atoms with Crippen LogP contribution in [0, 0.1) is 0 Å². The average Bonchev–Trinajstić information content (AvgIpc) is 3.18. The van der Waals surface area contributed by atoms with E-state index in [9.17, 15) is 4.79 Å². The molecule has 0 spiro atoms. The fourth-order valence-corrected chi connectivity index (χ4v) is 3.52. The molecule has 0 radical (unpaired) electrons. The Morgan fingerprint density at radius 1 is 1.15 bits per heavy atom. The van der Waals surface area contributed by atoms with E-state index in [1.54, 1.807) is 7.11 Å². The quantitative estimate of drug-likeness (QED) is 0.910. The van der Waals surface area contributed by atoms with Crippen LogP contribution in [-0.4, -0.2) is 37.8 Å². The number of hydrogen-bond donors (Lipinski definition) is 1. The van der Waals surface area contributed by atoms with Gasteiger partial charge in [-0.1, -0.05) is 12.1 Å². The van der Waals surface area contributed by atoms with Gasteiger partial charge in [-0.05, 0) is 42.7 Å². The number of ether oxygens (including phenoxy) is 3. The van der Waals surface area contributed by atoms with E-state index in [1.165, 1.54) is 0 Å². The first-order valence-corrected chi connectivity index (χ1v) is 8.86. The summed E-state index contributed by atoms with van der Waals surface area (Å²) in [5, 5.41) is 2.97. The number of fused-ring (bicyclic) bond motifs is 1. The summed E-state index contributed by atoms with van der Waals surface area (Å²) < 4.78 is 16.5. The van der Waals surface area contributed by atoms with Gasteiger partial charge in [0.1, 0.15) is 19.0 Å². The molecule has 6 heteroatoms. The lowest BCUT2D eigenvalue weighted by Crippen LogP contribution is -2.34. The van der Waals surface area contributed by atoms with Crippen LogP contribution >= 0.6 is 0 Å². The molecule has 0 bridgehead atoms. The Hall–Kier alpha value is -2.89. The second kappa shape index (κ2) is 7.15. The number of carbonyl (C=O) groups excluding carboxylic acids is 1. The summed E-state index contributed by atoms with van der Waals surface area (Å²) in [6.45, 7) is 1.86. The maximum atomic E-state index is 12.8. The van der Waals surface area contributed by atoms with Crippen molar-refractivity contribution in [3.05, 3.63) is 48.0 Å². The van der Waals surface area contributed by atoms with Crippen molar-refractivity contribution in [2.45, 2.75) is 18.9 Å². The number of carbonyl (C=O) groups is 1. The molecule has 6 nitrogen and oxygen atoms in total. The molecule has 26 heavy (non-hydrogen) atoms. The third kappa shape index (κ3) is 3.27. The fourth-order valence-electron chi connectivity index (χ4n) is 3.52. The molecule has 0 aromatic heterocycles. The first kappa shape index (κ1) is 16.6. The topological polar surface area (TPSA) is 60.0 Å².